The molecular formula is C112H130N2. The van der Waals surface area contributed by atoms with E-state index in [4.69, 9.17) is 11.5 Å². The maximum atomic E-state index is 7.75. The number of anilines is 2. The van der Waals surface area contributed by atoms with E-state index in [9.17, 15) is 0 Å². The number of nitrogen functional groups attached to an aromatic ring is 2. The molecule has 28 rings (SSSR count). The highest BCUT2D eigenvalue weighted by molar-refractivity contribution is 6.13. The summed E-state index contributed by atoms with van der Waals surface area (Å²) < 4.78 is 0. The summed E-state index contributed by atoms with van der Waals surface area (Å²) in [5.41, 5.74) is 44.3. The van der Waals surface area contributed by atoms with Gasteiger partial charge in [-0.2, -0.15) is 0 Å². The Morgan fingerprint density at radius 3 is 0.404 bits per heavy atom. The molecule has 0 aliphatic carbocycles. The Kier molecular flexibility index (Phi) is 20.6. The van der Waals surface area contributed by atoms with Gasteiger partial charge in [0.1, 0.15) is 0 Å². The Bertz CT molecular complexity index is 5790. The summed E-state index contributed by atoms with van der Waals surface area (Å²) in [7, 11) is 0. The molecule has 28 aromatic rings. The van der Waals surface area contributed by atoms with E-state index in [0.717, 1.165) is 54.5 Å². The molecule has 0 aliphatic heterocycles. The van der Waals surface area contributed by atoms with E-state index in [-0.39, 0.29) is 32.5 Å². The Morgan fingerprint density at radius 1 is 0.149 bits per heavy atom. The summed E-state index contributed by atoms with van der Waals surface area (Å²) >= 11 is 0. The molecular weight excluding hydrogens is 1370 g/mol. The molecule has 4 N–H and O–H groups in total. The number of rotatable bonds is 0. The third-order valence-electron chi connectivity index (χ3n) is 26.2. The molecule has 0 saturated carbocycles. The lowest BCUT2D eigenvalue weighted by atomic mass is 9.82. The first-order chi connectivity index (χ1) is 52.7. The maximum Gasteiger partial charge on any atom is 0.0473 e. The molecule has 0 unspecified atom stereocenters. The maximum absolute atomic E-state index is 7.75. The minimum Gasteiger partial charge on any atom is -0.398 e. The second kappa shape index (κ2) is 28.6. The average Bonchev–Trinajstić information content (AvgIpc) is 0.750. The van der Waals surface area contributed by atoms with Crippen LogP contribution in [0.1, 0.15) is 247 Å². The molecule has 114 heavy (non-hydrogen) atoms. The molecule has 2 nitrogen and oxygen atoms in total. The lowest BCUT2D eigenvalue weighted by molar-refractivity contribution is 0.591. The van der Waals surface area contributed by atoms with E-state index in [1.165, 1.54) is 209 Å². The molecule has 588 valence electrons. The zero-order valence-corrected chi connectivity index (χ0v) is 76.0. The lowest BCUT2D eigenvalue weighted by Crippen LogP contribution is -2.11. The van der Waals surface area contributed by atoms with Crippen LogP contribution >= 0.6 is 0 Å². The highest BCUT2D eigenvalue weighted by Gasteiger charge is 2.26. The number of benzene rings is 12. The summed E-state index contributed by atoms with van der Waals surface area (Å²) in [6, 6.07) is 58.5. The normalized spacial score (nSPS) is 12.7. The summed E-state index contributed by atoms with van der Waals surface area (Å²) in [5.74, 6) is 0. The summed E-state index contributed by atoms with van der Waals surface area (Å²) in [4.78, 5) is 0. The van der Waals surface area contributed by atoms with Crippen LogP contribution in [0.5, 0.6) is 0 Å². The number of hydrogen-bond donors (Lipinski definition) is 2. The van der Waals surface area contributed by atoms with Crippen LogP contribution in [0.3, 0.4) is 0 Å². The SMILES string of the molecule is Cc1cc2cc(C)c1c1cc(C(C)(C)C)cc(c1)c1c(C)c(C)c(c(C)c1C)c1cc(C(C)(C)C)cc(c1)c1c(C)cc(cc1C)c1cc(C(C)(C)C)cc(c1N)c1cc(C)c(c(C)c1)c1cc(C(C)(C)C)cc(c1)c1c(C)c(C)c(c(C)c1C)c1cc(C(C)(C)C)cc(c1)c1c(C)cc(cc1C)c1cc(C(C)(C)C)cc2c1N. The van der Waals surface area contributed by atoms with Crippen LogP contribution in [0.25, 0.3) is 129 Å². The van der Waals surface area contributed by atoms with E-state index in [0.29, 0.717) is 0 Å². The molecule has 2 heteroatoms. The predicted octanol–water partition coefficient (Wildman–Crippen LogP) is 32.5. The Hall–Kier alpha value is -9.76. The minimum atomic E-state index is -0.156. The van der Waals surface area contributed by atoms with Gasteiger partial charge < -0.3 is 11.5 Å². The molecule has 0 fully saturated rings. The standard InChI is InChI=1S/C112H130N2/c1-59-35-75-36-60(2)97(59)79-43-83(51-87(47-79)107(17,18)19)101-67(9)69(11)102(70(12)68(101)10)84-44-81(49-88(52-84)108(20,21)22)99-63(5)39-77(40-64(99)6)95-57-92(112(32,33)34)58-96(106(95)114)78-41-65(7)100(66(8)42-78)82-46-86(54-90(50-82)110(26,27)28)104-73(15)71(13)103(72(14)74(104)16)85-45-80(48-89(53-85)109(23,24)25)98-61(3)37-76(38-62(98)4)94-56-91(111(29,30)31)55-93(75)105(94)113/h35-58H,113-114H2,1-34H3. The van der Waals surface area contributed by atoms with Gasteiger partial charge in [0.2, 0.25) is 0 Å². The van der Waals surface area contributed by atoms with Crippen molar-refractivity contribution < 1.29 is 0 Å². The Morgan fingerprint density at radius 2 is 0.272 bits per heavy atom. The van der Waals surface area contributed by atoms with Crippen molar-refractivity contribution in [2.45, 2.75) is 268 Å². The molecule has 24 bridgehead atoms. The smallest absolute Gasteiger partial charge is 0.0473 e. The highest BCUT2D eigenvalue weighted by atomic mass is 14.6. The van der Waals surface area contributed by atoms with E-state index in [1.807, 2.05) is 0 Å². The molecule has 0 radical (unpaired) electrons. The fourth-order valence-corrected chi connectivity index (χ4v) is 19.2. The van der Waals surface area contributed by atoms with Crippen molar-refractivity contribution in [3.63, 3.8) is 0 Å². The summed E-state index contributed by atoms with van der Waals surface area (Å²) in [5, 5.41) is 29.1. The first-order valence-electron chi connectivity index (χ1n) is 41.9. The molecule has 0 saturated heterocycles. The first kappa shape index (κ1) is 82.2. The molecule has 0 spiro atoms. The molecule has 0 aliphatic rings. The zero-order valence-electron chi connectivity index (χ0n) is 76.0. The van der Waals surface area contributed by atoms with Crippen molar-refractivity contribution in [1.29, 1.82) is 0 Å². The van der Waals surface area contributed by atoms with Crippen molar-refractivity contribution in [2.24, 2.45) is 0 Å². The fourth-order valence-electron chi connectivity index (χ4n) is 19.2. The lowest BCUT2D eigenvalue weighted by Gasteiger charge is -2.23. The average molecular weight is 1500 g/mol. The van der Waals surface area contributed by atoms with Gasteiger partial charge in [0.15, 0.2) is 0 Å². The molecule has 0 heterocycles. The van der Waals surface area contributed by atoms with Crippen molar-refractivity contribution in [3.8, 4) is 0 Å². The van der Waals surface area contributed by atoms with Crippen molar-refractivity contribution in [2.75, 3.05) is 11.5 Å². The van der Waals surface area contributed by atoms with Gasteiger partial charge in [-0.3, -0.25) is 0 Å². The summed E-state index contributed by atoms with van der Waals surface area (Å²) in [6.07, 6.45) is 0. The van der Waals surface area contributed by atoms with E-state index in [1.54, 1.807) is 0 Å². The van der Waals surface area contributed by atoms with Gasteiger partial charge in [-0.1, -0.05) is 222 Å². The monoisotopic (exact) mass is 1500 g/mol. The van der Waals surface area contributed by atoms with E-state index in [2.05, 4.69) is 381 Å². The Labute approximate surface area is 683 Å². The van der Waals surface area contributed by atoms with Gasteiger partial charge in [0, 0.05) is 32.9 Å². The van der Waals surface area contributed by atoms with Gasteiger partial charge in [0.25, 0.3) is 0 Å². The van der Waals surface area contributed by atoms with Crippen LogP contribution in [-0.4, -0.2) is 0 Å². The third kappa shape index (κ3) is 14.8. The van der Waals surface area contributed by atoms with Crippen LogP contribution < -0.4 is 11.5 Å². The molecule has 28 aromatic carbocycles. The minimum absolute atomic E-state index is 0.124. The van der Waals surface area contributed by atoms with Gasteiger partial charge in [-0.05, 0) is 422 Å². The number of hydrogen-bond acceptors (Lipinski definition) is 2. The van der Waals surface area contributed by atoms with Crippen LogP contribution in [0, 0.1) is 111 Å². The second-order valence-electron chi connectivity index (χ2n) is 41.1. The quantitative estimate of drug-likeness (QED) is 0.149. The fraction of sp³-hybridized carbons (Fsp3) is 0.357. The first-order valence-corrected chi connectivity index (χ1v) is 41.9. The Balaban J connectivity index is 1.21. The number of aryl methyl sites for hydroxylation is 16. The van der Waals surface area contributed by atoms with Crippen LogP contribution in [0.4, 0.5) is 11.4 Å². The van der Waals surface area contributed by atoms with Crippen LogP contribution in [0.15, 0.2) is 146 Å². The van der Waals surface area contributed by atoms with Crippen molar-refractivity contribution in [3.05, 3.63) is 268 Å². The predicted molar refractivity (Wildman–Crippen MR) is 513 cm³/mol. The van der Waals surface area contributed by atoms with Gasteiger partial charge >= 0.3 is 0 Å². The number of nitrogens with two attached hydrogens (primary N) is 2. The second-order valence-corrected chi connectivity index (χ2v) is 41.1. The molecule has 0 aromatic heterocycles. The van der Waals surface area contributed by atoms with Crippen LogP contribution in [0.2, 0.25) is 0 Å². The van der Waals surface area contributed by atoms with E-state index >= 15 is 0 Å². The van der Waals surface area contributed by atoms with Gasteiger partial charge in [0.05, 0.1) is 0 Å². The topological polar surface area (TPSA) is 52.0 Å². The van der Waals surface area contributed by atoms with Crippen molar-refractivity contribution >= 4 is 141 Å². The molecule has 0 atom stereocenters. The summed E-state index contributed by atoms with van der Waals surface area (Å²) in [6.45, 7) is 79.6. The highest BCUT2D eigenvalue weighted by Crippen LogP contribution is 2.46. The van der Waals surface area contributed by atoms with Crippen molar-refractivity contribution in [1.82, 2.24) is 0 Å². The van der Waals surface area contributed by atoms with Gasteiger partial charge in [-0.25, -0.2) is 0 Å². The van der Waals surface area contributed by atoms with Crippen LogP contribution in [-0.2, 0) is 32.5 Å². The molecule has 0 amide bonds. The van der Waals surface area contributed by atoms with E-state index < -0.39 is 0 Å². The largest absolute Gasteiger partial charge is 0.398 e. The van der Waals surface area contributed by atoms with Gasteiger partial charge in [-0.15, -0.1) is 0 Å². The zero-order chi connectivity index (χ0) is 83.7. The third-order valence-corrected chi connectivity index (χ3v) is 26.2.